The maximum atomic E-state index is 9.24. The third-order valence-corrected chi connectivity index (χ3v) is 2.53. The molecule has 0 spiro atoms. The van der Waals surface area contributed by atoms with Crippen molar-refractivity contribution in [3.8, 4) is 0 Å². The molecule has 0 aliphatic heterocycles. The number of hydrogen-bond acceptors (Lipinski definition) is 3. The van der Waals surface area contributed by atoms with Crippen LogP contribution in [0.3, 0.4) is 0 Å². The zero-order chi connectivity index (χ0) is 11.5. The van der Waals surface area contributed by atoms with E-state index in [4.69, 9.17) is 11.6 Å². The molecule has 0 saturated heterocycles. The Kier molecular flexibility index (Phi) is 3.27. The number of halogens is 1. The zero-order valence-electron chi connectivity index (χ0n) is 8.94. The molecule has 4 heteroatoms. The van der Waals surface area contributed by atoms with E-state index in [1.54, 1.807) is 13.1 Å². The highest BCUT2D eigenvalue weighted by atomic mass is 35.5. The number of hydrogen-bond donors (Lipinski definition) is 2. The van der Waals surface area contributed by atoms with Crippen molar-refractivity contribution in [2.24, 2.45) is 0 Å². The Hall–Kier alpha value is -1.32. The molecule has 0 aliphatic carbocycles. The first-order valence-corrected chi connectivity index (χ1v) is 5.51. The van der Waals surface area contributed by atoms with Crippen LogP contribution in [0.2, 0.25) is 5.02 Å². The molecule has 1 atom stereocenters. The van der Waals surface area contributed by atoms with Crippen molar-refractivity contribution in [2.75, 3.05) is 11.9 Å². The van der Waals surface area contributed by atoms with Gasteiger partial charge in [0.2, 0.25) is 0 Å². The molecule has 84 valence electrons. The van der Waals surface area contributed by atoms with Crippen LogP contribution in [0.25, 0.3) is 10.9 Å². The molecule has 1 heterocycles. The summed E-state index contributed by atoms with van der Waals surface area (Å²) in [6.07, 6.45) is 1.35. The van der Waals surface area contributed by atoms with E-state index in [0.29, 0.717) is 11.6 Å². The van der Waals surface area contributed by atoms with Crippen molar-refractivity contribution in [1.29, 1.82) is 0 Å². The summed E-state index contributed by atoms with van der Waals surface area (Å²) in [6, 6.07) is 7.44. The van der Waals surface area contributed by atoms with E-state index in [9.17, 15) is 5.11 Å². The van der Waals surface area contributed by atoms with Crippen molar-refractivity contribution in [3.63, 3.8) is 0 Å². The molecule has 0 amide bonds. The van der Waals surface area contributed by atoms with Crippen LogP contribution in [0.15, 0.2) is 30.5 Å². The van der Waals surface area contributed by atoms with E-state index in [0.717, 1.165) is 16.6 Å². The minimum Gasteiger partial charge on any atom is -0.392 e. The first kappa shape index (κ1) is 11.2. The highest BCUT2D eigenvalue weighted by molar-refractivity contribution is 6.31. The Morgan fingerprint density at radius 1 is 1.44 bits per heavy atom. The molecule has 0 saturated carbocycles. The second-order valence-corrected chi connectivity index (χ2v) is 4.19. The lowest BCUT2D eigenvalue weighted by molar-refractivity contribution is 0.208. The van der Waals surface area contributed by atoms with Crippen LogP contribution in [0.5, 0.6) is 0 Å². The highest BCUT2D eigenvalue weighted by Gasteiger charge is 2.03. The molecular weight excluding hydrogens is 224 g/mol. The fourth-order valence-corrected chi connectivity index (χ4v) is 1.70. The summed E-state index contributed by atoms with van der Waals surface area (Å²) < 4.78 is 0. The van der Waals surface area contributed by atoms with Gasteiger partial charge in [-0.1, -0.05) is 11.6 Å². The van der Waals surface area contributed by atoms with Gasteiger partial charge in [0.05, 0.1) is 11.6 Å². The maximum absolute atomic E-state index is 9.24. The lowest BCUT2D eigenvalue weighted by Crippen LogP contribution is -2.15. The third kappa shape index (κ3) is 2.43. The van der Waals surface area contributed by atoms with Gasteiger partial charge in [-0.05, 0) is 31.2 Å². The standard InChI is InChI=1S/C12H13ClN2O/c1-8(16)7-15-12-4-5-14-11-3-2-9(13)6-10(11)12/h2-6,8,16H,7H2,1H3,(H,14,15). The van der Waals surface area contributed by atoms with Gasteiger partial charge >= 0.3 is 0 Å². The SMILES string of the molecule is CC(O)CNc1ccnc2ccc(Cl)cc12. The van der Waals surface area contributed by atoms with Gasteiger partial charge in [0.1, 0.15) is 0 Å². The van der Waals surface area contributed by atoms with Crippen molar-refractivity contribution in [2.45, 2.75) is 13.0 Å². The van der Waals surface area contributed by atoms with Gasteiger partial charge in [-0.25, -0.2) is 0 Å². The molecule has 1 aromatic carbocycles. The molecule has 0 fully saturated rings. The van der Waals surface area contributed by atoms with Gasteiger partial charge in [0, 0.05) is 28.8 Å². The molecule has 1 unspecified atom stereocenters. The van der Waals surface area contributed by atoms with Crippen molar-refractivity contribution < 1.29 is 5.11 Å². The number of rotatable bonds is 3. The first-order chi connectivity index (χ1) is 7.66. The van der Waals surface area contributed by atoms with E-state index in [1.807, 2.05) is 24.3 Å². The van der Waals surface area contributed by atoms with E-state index in [2.05, 4.69) is 10.3 Å². The second kappa shape index (κ2) is 4.68. The Bertz CT molecular complexity index is 499. The molecule has 2 rings (SSSR count). The minimum atomic E-state index is -0.387. The van der Waals surface area contributed by atoms with Crippen LogP contribution >= 0.6 is 11.6 Å². The maximum Gasteiger partial charge on any atom is 0.0723 e. The van der Waals surface area contributed by atoms with E-state index < -0.39 is 0 Å². The Labute approximate surface area is 99.1 Å². The fourth-order valence-electron chi connectivity index (χ4n) is 1.53. The van der Waals surface area contributed by atoms with Crippen LogP contribution in [0.4, 0.5) is 5.69 Å². The quantitative estimate of drug-likeness (QED) is 0.861. The predicted molar refractivity (Wildman–Crippen MR) is 66.9 cm³/mol. The van der Waals surface area contributed by atoms with Gasteiger partial charge in [-0.15, -0.1) is 0 Å². The predicted octanol–water partition coefficient (Wildman–Crippen LogP) is 2.68. The minimum absolute atomic E-state index is 0.387. The smallest absolute Gasteiger partial charge is 0.0723 e. The van der Waals surface area contributed by atoms with Gasteiger partial charge in [0.25, 0.3) is 0 Å². The summed E-state index contributed by atoms with van der Waals surface area (Å²) in [5.41, 5.74) is 1.83. The number of fused-ring (bicyclic) bond motifs is 1. The number of pyridine rings is 1. The molecule has 3 nitrogen and oxygen atoms in total. The topological polar surface area (TPSA) is 45.1 Å². The summed E-state index contributed by atoms with van der Waals surface area (Å²) >= 11 is 5.95. The Balaban J connectivity index is 2.40. The molecule has 0 aliphatic rings. The Morgan fingerprint density at radius 3 is 3.00 bits per heavy atom. The molecule has 2 aromatic rings. The molecule has 0 bridgehead atoms. The zero-order valence-corrected chi connectivity index (χ0v) is 9.70. The highest BCUT2D eigenvalue weighted by Crippen LogP contribution is 2.24. The normalized spacial score (nSPS) is 12.7. The fraction of sp³-hybridized carbons (Fsp3) is 0.250. The Morgan fingerprint density at radius 2 is 2.25 bits per heavy atom. The average Bonchev–Trinajstić information content (AvgIpc) is 2.26. The molecular formula is C12H13ClN2O. The van der Waals surface area contributed by atoms with Crippen LogP contribution in [-0.2, 0) is 0 Å². The monoisotopic (exact) mass is 236 g/mol. The van der Waals surface area contributed by atoms with Gasteiger partial charge in [-0.2, -0.15) is 0 Å². The molecule has 16 heavy (non-hydrogen) atoms. The van der Waals surface area contributed by atoms with Gasteiger partial charge in [-0.3, -0.25) is 4.98 Å². The number of nitrogens with one attached hydrogen (secondary N) is 1. The number of aromatic nitrogens is 1. The largest absolute Gasteiger partial charge is 0.392 e. The van der Waals surface area contributed by atoms with Gasteiger partial charge in [0.15, 0.2) is 0 Å². The van der Waals surface area contributed by atoms with Crippen molar-refractivity contribution >= 4 is 28.2 Å². The van der Waals surface area contributed by atoms with Crippen LogP contribution < -0.4 is 5.32 Å². The van der Waals surface area contributed by atoms with Crippen molar-refractivity contribution in [1.82, 2.24) is 4.98 Å². The third-order valence-electron chi connectivity index (χ3n) is 2.29. The van der Waals surface area contributed by atoms with Crippen LogP contribution in [0, 0.1) is 0 Å². The molecule has 1 aromatic heterocycles. The number of aliphatic hydroxyl groups excluding tert-OH is 1. The van der Waals surface area contributed by atoms with Gasteiger partial charge < -0.3 is 10.4 Å². The first-order valence-electron chi connectivity index (χ1n) is 5.13. The number of anilines is 1. The van der Waals surface area contributed by atoms with Crippen LogP contribution in [0.1, 0.15) is 6.92 Å². The number of aliphatic hydroxyl groups is 1. The van der Waals surface area contributed by atoms with E-state index >= 15 is 0 Å². The number of benzene rings is 1. The summed E-state index contributed by atoms with van der Waals surface area (Å²) in [5.74, 6) is 0. The molecule has 0 radical (unpaired) electrons. The second-order valence-electron chi connectivity index (χ2n) is 3.75. The summed E-state index contributed by atoms with van der Waals surface area (Å²) in [4.78, 5) is 4.25. The summed E-state index contributed by atoms with van der Waals surface area (Å²) in [6.45, 7) is 2.25. The van der Waals surface area contributed by atoms with E-state index in [1.165, 1.54) is 0 Å². The van der Waals surface area contributed by atoms with Crippen molar-refractivity contribution in [3.05, 3.63) is 35.5 Å². The van der Waals surface area contributed by atoms with Crippen LogP contribution in [-0.4, -0.2) is 22.7 Å². The average molecular weight is 237 g/mol. The lowest BCUT2D eigenvalue weighted by atomic mass is 10.2. The molecule has 2 N–H and O–H groups in total. The lowest BCUT2D eigenvalue weighted by Gasteiger charge is -2.10. The number of nitrogens with zero attached hydrogens (tertiary/aromatic N) is 1. The summed E-state index contributed by atoms with van der Waals surface area (Å²) in [5, 5.41) is 14.1. The summed E-state index contributed by atoms with van der Waals surface area (Å²) in [7, 11) is 0. The van der Waals surface area contributed by atoms with E-state index in [-0.39, 0.29) is 6.10 Å².